The summed E-state index contributed by atoms with van der Waals surface area (Å²) in [5.41, 5.74) is 2.45. The van der Waals surface area contributed by atoms with E-state index in [1.54, 1.807) is 61.5 Å². The van der Waals surface area contributed by atoms with Gasteiger partial charge in [-0.15, -0.1) is 0 Å². The summed E-state index contributed by atoms with van der Waals surface area (Å²) in [7, 11) is -2.49. The van der Waals surface area contributed by atoms with Crippen LogP contribution >= 0.6 is 11.6 Å². The lowest BCUT2D eigenvalue weighted by Crippen LogP contribution is -2.38. The van der Waals surface area contributed by atoms with Crippen LogP contribution in [0.4, 0.5) is 11.4 Å². The molecule has 0 bridgehead atoms. The first kappa shape index (κ1) is 22.7. The molecule has 0 spiro atoms. The van der Waals surface area contributed by atoms with E-state index in [1.807, 2.05) is 6.92 Å². The maximum Gasteiger partial charge on any atom is 0.264 e. The quantitative estimate of drug-likeness (QED) is 0.551. The second kappa shape index (κ2) is 9.41. The maximum absolute atomic E-state index is 13.5. The highest BCUT2D eigenvalue weighted by Crippen LogP contribution is 2.30. The van der Waals surface area contributed by atoms with Crippen LogP contribution in [0.25, 0.3) is 0 Å². The van der Waals surface area contributed by atoms with Crippen molar-refractivity contribution < 1.29 is 17.9 Å². The average Bonchev–Trinajstić information content (AvgIpc) is 2.74. The van der Waals surface area contributed by atoms with Crippen LogP contribution in [0, 0.1) is 13.8 Å². The molecule has 0 aliphatic rings. The number of carbonyl (C=O) groups excluding carboxylic acids is 1. The highest BCUT2D eigenvalue weighted by molar-refractivity contribution is 7.92. The number of aryl methyl sites for hydroxylation is 2. The summed E-state index contributed by atoms with van der Waals surface area (Å²) < 4.78 is 33.2. The topological polar surface area (TPSA) is 75.7 Å². The average molecular weight is 459 g/mol. The van der Waals surface area contributed by atoms with Crippen molar-refractivity contribution in [3.05, 3.63) is 82.9 Å². The van der Waals surface area contributed by atoms with Crippen molar-refractivity contribution >= 4 is 38.9 Å². The molecule has 0 saturated carbocycles. The molecule has 0 aliphatic heterocycles. The molecule has 3 aromatic carbocycles. The maximum atomic E-state index is 13.5. The van der Waals surface area contributed by atoms with E-state index >= 15 is 0 Å². The number of ether oxygens (including phenoxy) is 1. The number of sulfonamides is 1. The summed E-state index contributed by atoms with van der Waals surface area (Å²) in [6.45, 7) is 3.22. The smallest absolute Gasteiger partial charge is 0.264 e. The fourth-order valence-corrected chi connectivity index (χ4v) is 4.66. The highest BCUT2D eigenvalue weighted by atomic mass is 35.5. The summed E-state index contributed by atoms with van der Waals surface area (Å²) in [5.74, 6) is 0.0796. The predicted octanol–water partition coefficient (Wildman–Crippen LogP) is 4.80. The molecule has 162 valence electrons. The van der Waals surface area contributed by atoms with Crippen molar-refractivity contribution in [1.82, 2.24) is 0 Å². The number of hydrogen-bond acceptors (Lipinski definition) is 4. The van der Waals surface area contributed by atoms with Crippen LogP contribution in [0.15, 0.2) is 71.6 Å². The second-order valence-corrected chi connectivity index (χ2v) is 9.33. The number of rotatable bonds is 7. The van der Waals surface area contributed by atoms with E-state index in [0.29, 0.717) is 27.7 Å². The summed E-state index contributed by atoms with van der Waals surface area (Å²) in [6, 6.07) is 18.2. The number of hydrogen-bond donors (Lipinski definition) is 1. The van der Waals surface area contributed by atoms with Gasteiger partial charge in [0.25, 0.3) is 10.0 Å². The summed E-state index contributed by atoms with van der Waals surface area (Å²) in [5, 5.41) is 3.10. The Morgan fingerprint density at radius 1 is 1.03 bits per heavy atom. The molecule has 0 saturated heterocycles. The van der Waals surface area contributed by atoms with Crippen molar-refractivity contribution in [2.45, 2.75) is 18.7 Å². The fourth-order valence-electron chi connectivity index (χ4n) is 3.02. The third-order valence-corrected chi connectivity index (χ3v) is 6.70. The van der Waals surface area contributed by atoms with Gasteiger partial charge in [-0.05, 0) is 55.8 Å². The van der Waals surface area contributed by atoms with Gasteiger partial charge in [-0.25, -0.2) is 8.42 Å². The molecule has 0 fully saturated rings. The standard InChI is InChI=1S/C23H23ClN2O4S/c1-16-7-11-21(12-8-16)31(28,29)26(22-13-18(24)10-9-17(22)2)15-23(27)25-19-5-4-6-20(14-19)30-3/h4-14H,15H2,1-3H3,(H,25,27). The van der Waals surface area contributed by atoms with Gasteiger partial charge in [-0.1, -0.05) is 41.4 Å². The normalized spacial score (nSPS) is 11.1. The molecule has 0 radical (unpaired) electrons. The molecular formula is C23H23ClN2O4S. The number of nitrogens with one attached hydrogen (secondary N) is 1. The number of methoxy groups -OCH3 is 1. The van der Waals surface area contributed by atoms with E-state index in [9.17, 15) is 13.2 Å². The summed E-state index contributed by atoms with van der Waals surface area (Å²) in [6.07, 6.45) is 0. The molecule has 1 N–H and O–H groups in total. The van der Waals surface area contributed by atoms with Gasteiger partial charge in [0.05, 0.1) is 17.7 Å². The number of amides is 1. The van der Waals surface area contributed by atoms with Crippen molar-refractivity contribution in [3.8, 4) is 5.75 Å². The molecule has 1 amide bonds. The predicted molar refractivity (Wildman–Crippen MR) is 124 cm³/mol. The number of halogens is 1. The first-order chi connectivity index (χ1) is 14.7. The monoisotopic (exact) mass is 458 g/mol. The Morgan fingerprint density at radius 3 is 2.42 bits per heavy atom. The van der Waals surface area contributed by atoms with Crippen LogP contribution in [0.1, 0.15) is 11.1 Å². The van der Waals surface area contributed by atoms with Crippen LogP contribution in [-0.2, 0) is 14.8 Å². The summed E-state index contributed by atoms with van der Waals surface area (Å²) in [4.78, 5) is 12.9. The fraction of sp³-hybridized carbons (Fsp3) is 0.174. The Labute approximate surface area is 187 Å². The molecule has 0 aromatic heterocycles. The lowest BCUT2D eigenvalue weighted by molar-refractivity contribution is -0.114. The Balaban J connectivity index is 1.98. The highest BCUT2D eigenvalue weighted by Gasteiger charge is 2.28. The molecular weight excluding hydrogens is 436 g/mol. The van der Waals surface area contributed by atoms with Gasteiger partial charge < -0.3 is 10.1 Å². The van der Waals surface area contributed by atoms with Crippen LogP contribution in [0.2, 0.25) is 5.02 Å². The Kier molecular flexibility index (Phi) is 6.87. The van der Waals surface area contributed by atoms with Crippen LogP contribution in [0.5, 0.6) is 5.75 Å². The lowest BCUT2D eigenvalue weighted by atomic mass is 10.2. The van der Waals surface area contributed by atoms with Gasteiger partial charge in [0.1, 0.15) is 12.3 Å². The molecule has 0 atom stereocenters. The van der Waals surface area contributed by atoms with E-state index in [0.717, 1.165) is 9.87 Å². The third kappa shape index (κ3) is 5.37. The van der Waals surface area contributed by atoms with E-state index in [4.69, 9.17) is 16.3 Å². The molecule has 3 aromatic rings. The molecule has 0 aliphatic carbocycles. The van der Waals surface area contributed by atoms with Gasteiger partial charge in [-0.3, -0.25) is 9.10 Å². The van der Waals surface area contributed by atoms with Crippen LogP contribution < -0.4 is 14.4 Å². The number of benzene rings is 3. The zero-order valence-corrected chi connectivity index (χ0v) is 19.0. The van der Waals surface area contributed by atoms with Crippen LogP contribution in [-0.4, -0.2) is 28.0 Å². The molecule has 8 heteroatoms. The minimum absolute atomic E-state index is 0.0895. The molecule has 0 heterocycles. The molecule has 3 rings (SSSR count). The van der Waals surface area contributed by atoms with Gasteiger partial charge in [0.2, 0.25) is 5.91 Å². The molecule has 31 heavy (non-hydrogen) atoms. The van der Waals surface area contributed by atoms with Gasteiger partial charge in [0, 0.05) is 16.8 Å². The molecule has 6 nitrogen and oxygen atoms in total. The van der Waals surface area contributed by atoms with Gasteiger partial charge in [0.15, 0.2) is 0 Å². The largest absolute Gasteiger partial charge is 0.497 e. The van der Waals surface area contributed by atoms with Gasteiger partial charge >= 0.3 is 0 Å². The lowest BCUT2D eigenvalue weighted by Gasteiger charge is -2.26. The minimum Gasteiger partial charge on any atom is -0.497 e. The first-order valence-corrected chi connectivity index (χ1v) is 11.3. The minimum atomic E-state index is -4.02. The van der Waals surface area contributed by atoms with Crippen LogP contribution in [0.3, 0.4) is 0 Å². The first-order valence-electron chi connectivity index (χ1n) is 9.50. The summed E-state index contributed by atoms with van der Waals surface area (Å²) >= 11 is 6.14. The van der Waals surface area contributed by atoms with Crippen molar-refractivity contribution in [2.24, 2.45) is 0 Å². The Hall–Kier alpha value is -3.03. The Morgan fingerprint density at radius 2 is 1.74 bits per heavy atom. The van der Waals surface area contributed by atoms with Crippen molar-refractivity contribution in [2.75, 3.05) is 23.3 Å². The SMILES string of the molecule is COc1cccc(NC(=O)CN(c2cc(Cl)ccc2C)S(=O)(=O)c2ccc(C)cc2)c1. The number of carbonyl (C=O) groups is 1. The zero-order chi connectivity index (χ0) is 22.6. The van der Waals surface area contributed by atoms with E-state index in [-0.39, 0.29) is 4.90 Å². The Bertz CT molecular complexity index is 1190. The molecule has 0 unspecified atom stereocenters. The zero-order valence-electron chi connectivity index (χ0n) is 17.4. The van der Waals surface area contributed by atoms with E-state index in [2.05, 4.69) is 5.32 Å². The van der Waals surface area contributed by atoms with Gasteiger partial charge in [-0.2, -0.15) is 0 Å². The third-order valence-electron chi connectivity index (χ3n) is 4.69. The number of anilines is 2. The van der Waals surface area contributed by atoms with E-state index in [1.165, 1.54) is 19.2 Å². The second-order valence-electron chi connectivity index (χ2n) is 7.04. The van der Waals surface area contributed by atoms with E-state index < -0.39 is 22.5 Å². The number of nitrogens with zero attached hydrogens (tertiary/aromatic N) is 1. The van der Waals surface area contributed by atoms with Crippen molar-refractivity contribution in [3.63, 3.8) is 0 Å². The van der Waals surface area contributed by atoms with Crippen molar-refractivity contribution in [1.29, 1.82) is 0 Å².